The van der Waals surface area contributed by atoms with Crippen molar-refractivity contribution in [3.8, 4) is 0 Å². The molecule has 0 fully saturated rings. The van der Waals surface area contributed by atoms with Gasteiger partial charge in [-0.3, -0.25) is 9.78 Å². The monoisotopic (exact) mass is 479 g/mol. The van der Waals surface area contributed by atoms with E-state index in [0.29, 0.717) is 19.1 Å². The van der Waals surface area contributed by atoms with Gasteiger partial charge in [-0.1, -0.05) is 20.8 Å². The Morgan fingerprint density at radius 1 is 1.39 bits per heavy atom. The average Bonchev–Trinajstić information content (AvgIpc) is 3.26. The third-order valence-electron chi connectivity index (χ3n) is 5.57. The largest absolute Gasteiger partial charge is 0.475 e. The Labute approximate surface area is 197 Å². The van der Waals surface area contributed by atoms with Gasteiger partial charge in [0, 0.05) is 24.6 Å². The molecule has 0 bridgehead atoms. The highest BCUT2D eigenvalue weighted by Crippen LogP contribution is 2.34. The van der Waals surface area contributed by atoms with E-state index in [1.807, 2.05) is 13.8 Å². The third kappa shape index (κ3) is 6.52. The first kappa shape index (κ1) is 26.7. The molecule has 0 aromatic carbocycles. The number of anilines is 1. The molecule has 2 heterocycles. The fraction of sp³-hybridized carbons (Fsp3) is 0.591. The smallest absolute Gasteiger partial charge is 0.229 e. The molecule has 33 heavy (non-hydrogen) atoms. The van der Waals surface area contributed by atoms with Gasteiger partial charge in [0.2, 0.25) is 12.3 Å². The van der Waals surface area contributed by atoms with Crippen molar-refractivity contribution in [1.29, 1.82) is 0 Å². The second-order valence-electron chi connectivity index (χ2n) is 8.19. The highest BCUT2D eigenvalue weighted by atomic mass is 32.2. The molecular weight excluding hydrogens is 442 g/mol. The maximum Gasteiger partial charge on any atom is 0.229 e. The maximum atomic E-state index is 11.9. The highest BCUT2D eigenvalue weighted by molar-refractivity contribution is 7.96. The Kier molecular flexibility index (Phi) is 9.81. The number of nitrogens with one attached hydrogen (secondary N) is 2. The molecule has 184 valence electrons. The van der Waals surface area contributed by atoms with E-state index in [1.54, 1.807) is 0 Å². The number of amides is 1. The Bertz CT molecular complexity index is 1030. The van der Waals surface area contributed by atoms with Crippen molar-refractivity contribution in [1.82, 2.24) is 10.3 Å². The lowest BCUT2D eigenvalue weighted by molar-refractivity contribution is -0.105. The molecule has 1 aromatic rings. The van der Waals surface area contributed by atoms with Crippen LogP contribution in [0, 0.1) is 6.92 Å². The van der Waals surface area contributed by atoms with Crippen molar-refractivity contribution >= 4 is 27.9 Å². The van der Waals surface area contributed by atoms with E-state index in [4.69, 9.17) is 20.6 Å². The van der Waals surface area contributed by atoms with Gasteiger partial charge in [-0.2, -0.15) is 0 Å². The Morgan fingerprint density at radius 3 is 2.64 bits per heavy atom. The summed E-state index contributed by atoms with van der Waals surface area (Å²) < 4.78 is 20.9. The molecule has 6 N–H and O–H groups in total. The number of carbonyl (C=O) groups excluding carboxylic acids is 1. The number of carbonyl (C=O) groups is 1. The van der Waals surface area contributed by atoms with E-state index in [2.05, 4.69) is 33.8 Å². The first-order valence-electron chi connectivity index (χ1n) is 11.2. The van der Waals surface area contributed by atoms with Crippen molar-refractivity contribution in [2.24, 2.45) is 20.2 Å². The van der Waals surface area contributed by atoms with Crippen molar-refractivity contribution in [3.63, 3.8) is 0 Å². The van der Waals surface area contributed by atoms with Gasteiger partial charge in [-0.05, 0) is 49.8 Å². The topological polar surface area (TPSA) is 157 Å². The first-order valence-corrected chi connectivity index (χ1v) is 12.8. The molecule has 0 saturated heterocycles. The fourth-order valence-corrected chi connectivity index (χ4v) is 4.71. The van der Waals surface area contributed by atoms with Crippen LogP contribution in [0.4, 0.5) is 5.69 Å². The zero-order valence-electron chi connectivity index (χ0n) is 20.2. The molecule has 1 aromatic heterocycles. The number of likely N-dealkylation sites (N-methyl/N-ethyl adjacent to an activating group) is 1. The number of fused-ring (bicyclic) bond motifs is 1. The molecular formula is C22H37N7O3S. The molecule has 2 unspecified atom stereocenters. The molecule has 3 rings (SSSR count). The van der Waals surface area contributed by atoms with Crippen LogP contribution in [0.5, 0.6) is 0 Å². The molecule has 2 aliphatic rings. The summed E-state index contributed by atoms with van der Waals surface area (Å²) in [6, 6.07) is 0.162. The predicted molar refractivity (Wildman–Crippen MR) is 133 cm³/mol. The standard InChI is InChI=1S/C13H18N2O.C9H19N5O2S/c1-8(2)12-9(3)13(14-7-16)10-5-4-6-11(10)15-12;1-3-13-7-5-14-9(16-6-7)8(4-10)17(11,15)12-2/h7-8H,4-6H2,1-3H3,(H,14,15,16);4,7,13H,3,5-6,10H2,1-2H3,(H2,11,12,15)/b;8-4+. The number of nitrogens with two attached hydrogens (primary N) is 2. The molecule has 1 aliphatic heterocycles. The quantitative estimate of drug-likeness (QED) is 0.436. The summed E-state index contributed by atoms with van der Waals surface area (Å²) in [6.07, 6.45) is 5.14. The lowest BCUT2D eigenvalue weighted by Crippen LogP contribution is -2.41. The van der Waals surface area contributed by atoms with Crippen LogP contribution in [0.15, 0.2) is 20.5 Å². The van der Waals surface area contributed by atoms with Gasteiger partial charge in [0.15, 0.2) is 0 Å². The summed E-state index contributed by atoms with van der Waals surface area (Å²) in [5.41, 5.74) is 11.1. The summed E-state index contributed by atoms with van der Waals surface area (Å²) in [5.74, 6) is 0.623. The summed E-state index contributed by atoms with van der Waals surface area (Å²) in [4.78, 5) is 19.7. The van der Waals surface area contributed by atoms with Crippen LogP contribution in [0.2, 0.25) is 0 Å². The van der Waals surface area contributed by atoms with Gasteiger partial charge in [0.05, 0.1) is 18.3 Å². The van der Waals surface area contributed by atoms with Gasteiger partial charge < -0.3 is 21.1 Å². The van der Waals surface area contributed by atoms with Crippen molar-refractivity contribution < 1.29 is 13.7 Å². The maximum absolute atomic E-state index is 11.9. The number of aromatic nitrogens is 1. The minimum atomic E-state index is -3.00. The summed E-state index contributed by atoms with van der Waals surface area (Å²) in [6.45, 7) is 10.2. The number of ether oxygens (including phenoxy) is 1. The van der Waals surface area contributed by atoms with E-state index in [-0.39, 0.29) is 16.8 Å². The number of hydrogen-bond donors (Lipinski definition) is 4. The summed E-state index contributed by atoms with van der Waals surface area (Å²) in [5, 5.41) is 11.6. The number of pyridine rings is 1. The van der Waals surface area contributed by atoms with Gasteiger partial charge in [0.25, 0.3) is 0 Å². The minimum Gasteiger partial charge on any atom is -0.475 e. The van der Waals surface area contributed by atoms with Crippen LogP contribution in [0.3, 0.4) is 0 Å². The summed E-state index contributed by atoms with van der Waals surface area (Å²) in [7, 11) is -1.63. The second-order valence-corrected chi connectivity index (χ2v) is 10.1. The molecule has 1 amide bonds. The van der Waals surface area contributed by atoms with E-state index in [9.17, 15) is 9.00 Å². The normalized spacial score (nSPS) is 19.4. The van der Waals surface area contributed by atoms with E-state index in [1.165, 1.54) is 18.3 Å². The molecule has 1 aliphatic carbocycles. The van der Waals surface area contributed by atoms with Gasteiger partial charge in [0.1, 0.15) is 21.4 Å². The average molecular weight is 480 g/mol. The zero-order chi connectivity index (χ0) is 24.6. The molecule has 2 atom stereocenters. The van der Waals surface area contributed by atoms with Crippen LogP contribution in [0.25, 0.3) is 0 Å². The molecule has 10 nitrogen and oxygen atoms in total. The van der Waals surface area contributed by atoms with Crippen molar-refractivity contribution in [3.05, 3.63) is 33.6 Å². The number of nitrogens with zero attached hydrogens (tertiary/aromatic N) is 3. The Hall–Kier alpha value is -2.50. The lowest BCUT2D eigenvalue weighted by Gasteiger charge is -2.23. The van der Waals surface area contributed by atoms with E-state index < -0.39 is 9.92 Å². The number of hydrogen-bond acceptors (Lipinski definition) is 8. The van der Waals surface area contributed by atoms with Crippen LogP contribution in [-0.2, 0) is 32.3 Å². The van der Waals surface area contributed by atoms with Crippen molar-refractivity contribution in [2.45, 2.75) is 58.9 Å². The Morgan fingerprint density at radius 2 is 2.12 bits per heavy atom. The van der Waals surface area contributed by atoms with Crippen molar-refractivity contribution in [2.75, 3.05) is 32.1 Å². The third-order valence-corrected chi connectivity index (χ3v) is 7.06. The minimum absolute atomic E-state index is 0.148. The fourth-order valence-electron chi connectivity index (χ4n) is 3.94. The van der Waals surface area contributed by atoms with Gasteiger partial charge in [-0.25, -0.2) is 18.7 Å². The zero-order valence-corrected chi connectivity index (χ0v) is 21.0. The summed E-state index contributed by atoms with van der Waals surface area (Å²) >= 11 is 0. The SMILES string of the molecule is CCNC1CN=C(/C(=C\N)S(N)(=O)=NC)OC1.Cc1c(C(C)C)nc2c(c1NC=O)CCC2. The van der Waals surface area contributed by atoms with Gasteiger partial charge in [-0.15, -0.1) is 0 Å². The number of aryl methyl sites for hydroxylation is 1. The van der Waals surface area contributed by atoms with Crippen LogP contribution in [0.1, 0.15) is 55.6 Å². The lowest BCUT2D eigenvalue weighted by atomic mass is 9.99. The molecule has 11 heteroatoms. The number of rotatable bonds is 7. The van der Waals surface area contributed by atoms with E-state index >= 15 is 0 Å². The van der Waals surface area contributed by atoms with Crippen LogP contribution in [-0.4, -0.2) is 54.3 Å². The highest BCUT2D eigenvalue weighted by Gasteiger charge is 2.24. The molecule has 0 saturated carbocycles. The van der Waals surface area contributed by atoms with Gasteiger partial charge >= 0.3 is 0 Å². The number of aliphatic imine (C=N–C) groups is 1. The van der Waals surface area contributed by atoms with E-state index in [0.717, 1.165) is 55.4 Å². The molecule has 0 spiro atoms. The predicted octanol–water partition coefficient (Wildman–Crippen LogP) is 1.74. The van der Waals surface area contributed by atoms with Crippen LogP contribution < -0.4 is 21.5 Å². The van der Waals surface area contributed by atoms with Crippen LogP contribution >= 0.6 is 0 Å². The second kappa shape index (κ2) is 12.1. The first-order chi connectivity index (χ1) is 15.7. The molecule has 0 radical (unpaired) electrons. The Balaban J connectivity index is 0.000000234.